The highest BCUT2D eigenvalue weighted by Crippen LogP contribution is 2.30. The minimum atomic E-state index is 0.0474. The summed E-state index contributed by atoms with van der Waals surface area (Å²) < 4.78 is 1.79. The maximum Gasteiger partial charge on any atom is 0.0897 e. The second-order valence-electron chi connectivity index (χ2n) is 3.50. The van der Waals surface area contributed by atoms with Crippen LogP contribution in [-0.2, 0) is 7.05 Å². The van der Waals surface area contributed by atoms with E-state index < -0.39 is 0 Å². The van der Waals surface area contributed by atoms with Gasteiger partial charge in [-0.3, -0.25) is 4.68 Å². The fraction of sp³-hybridized carbons (Fsp3) is 0.400. The number of hydrogen-bond donors (Lipinski definition) is 1. The summed E-state index contributed by atoms with van der Waals surface area (Å²) in [6.07, 6.45) is 3.54. The molecule has 86 valence electrons. The molecule has 0 aliphatic carbocycles. The Labute approximate surface area is 103 Å². The maximum atomic E-state index is 6.14. The van der Waals surface area contributed by atoms with E-state index in [4.69, 9.17) is 11.6 Å². The van der Waals surface area contributed by atoms with Gasteiger partial charge in [-0.25, -0.2) is 4.98 Å². The molecule has 1 N–H and O–H groups in total. The summed E-state index contributed by atoms with van der Waals surface area (Å²) >= 11 is 7.80. The standard InChI is InChI=1S/C10H13ClN4S/c1-6-13-5-8(16-6)9(12-2)10-7(11)4-14-15(10)3/h4-5,9,12H,1-3H3. The van der Waals surface area contributed by atoms with Crippen molar-refractivity contribution in [3.05, 3.63) is 33.0 Å². The van der Waals surface area contributed by atoms with Crippen LogP contribution in [0.25, 0.3) is 0 Å². The third-order valence-electron chi connectivity index (χ3n) is 2.42. The topological polar surface area (TPSA) is 42.7 Å². The van der Waals surface area contributed by atoms with E-state index in [1.54, 1.807) is 22.2 Å². The molecular formula is C10H13ClN4S. The molecule has 0 aliphatic heterocycles. The molecule has 1 atom stereocenters. The van der Waals surface area contributed by atoms with Gasteiger partial charge in [0.15, 0.2) is 0 Å². The van der Waals surface area contributed by atoms with Crippen LogP contribution in [0.15, 0.2) is 12.4 Å². The van der Waals surface area contributed by atoms with Crippen molar-refractivity contribution in [2.45, 2.75) is 13.0 Å². The van der Waals surface area contributed by atoms with E-state index in [1.165, 1.54) is 0 Å². The van der Waals surface area contributed by atoms with Gasteiger partial charge in [-0.1, -0.05) is 11.6 Å². The molecule has 1 unspecified atom stereocenters. The average molecular weight is 257 g/mol. The minimum absolute atomic E-state index is 0.0474. The molecule has 2 aromatic rings. The predicted molar refractivity (Wildman–Crippen MR) is 66.0 cm³/mol. The number of nitrogens with one attached hydrogen (secondary N) is 1. The average Bonchev–Trinajstić information content (AvgIpc) is 2.80. The normalized spacial score (nSPS) is 13.0. The number of nitrogens with zero attached hydrogens (tertiary/aromatic N) is 3. The molecule has 0 bridgehead atoms. The lowest BCUT2D eigenvalue weighted by atomic mass is 10.2. The summed E-state index contributed by atoms with van der Waals surface area (Å²) in [4.78, 5) is 5.40. The third-order valence-corrected chi connectivity index (χ3v) is 3.69. The van der Waals surface area contributed by atoms with E-state index in [0.717, 1.165) is 15.6 Å². The molecule has 0 saturated heterocycles. The Hall–Kier alpha value is -0.910. The number of rotatable bonds is 3. The first-order chi connectivity index (χ1) is 7.63. The van der Waals surface area contributed by atoms with Gasteiger partial charge in [0.25, 0.3) is 0 Å². The number of aromatic nitrogens is 3. The Bertz CT molecular complexity index is 471. The fourth-order valence-electron chi connectivity index (χ4n) is 1.67. The van der Waals surface area contributed by atoms with Gasteiger partial charge in [0.05, 0.1) is 28.0 Å². The van der Waals surface area contributed by atoms with E-state index in [9.17, 15) is 0 Å². The van der Waals surface area contributed by atoms with Crippen molar-refractivity contribution in [1.82, 2.24) is 20.1 Å². The predicted octanol–water partition coefficient (Wildman–Crippen LogP) is 2.15. The Kier molecular flexibility index (Phi) is 3.28. The van der Waals surface area contributed by atoms with Crippen molar-refractivity contribution in [3.63, 3.8) is 0 Å². The zero-order chi connectivity index (χ0) is 11.7. The summed E-state index contributed by atoms with van der Waals surface area (Å²) in [5.74, 6) is 0. The molecule has 6 heteroatoms. The molecule has 16 heavy (non-hydrogen) atoms. The van der Waals surface area contributed by atoms with Gasteiger partial charge >= 0.3 is 0 Å². The number of thiazole rings is 1. The highest BCUT2D eigenvalue weighted by molar-refractivity contribution is 7.11. The van der Waals surface area contributed by atoms with Gasteiger partial charge in [-0.2, -0.15) is 5.10 Å². The zero-order valence-electron chi connectivity index (χ0n) is 9.36. The Balaban J connectivity index is 2.44. The van der Waals surface area contributed by atoms with E-state index >= 15 is 0 Å². The second-order valence-corrected chi connectivity index (χ2v) is 5.18. The smallest absolute Gasteiger partial charge is 0.0897 e. The number of halogens is 1. The lowest BCUT2D eigenvalue weighted by Crippen LogP contribution is -2.20. The Morgan fingerprint density at radius 2 is 2.25 bits per heavy atom. The molecule has 0 aromatic carbocycles. The van der Waals surface area contributed by atoms with Crippen molar-refractivity contribution < 1.29 is 0 Å². The van der Waals surface area contributed by atoms with Crippen LogP contribution >= 0.6 is 22.9 Å². The zero-order valence-corrected chi connectivity index (χ0v) is 10.9. The van der Waals surface area contributed by atoms with Crippen LogP contribution in [0.1, 0.15) is 21.6 Å². The summed E-state index contributed by atoms with van der Waals surface area (Å²) in [6.45, 7) is 1.99. The van der Waals surface area contributed by atoms with Crippen molar-refractivity contribution in [3.8, 4) is 0 Å². The molecule has 2 heterocycles. The summed E-state index contributed by atoms with van der Waals surface area (Å²) in [7, 11) is 3.79. The summed E-state index contributed by atoms with van der Waals surface area (Å²) in [6, 6.07) is 0.0474. The monoisotopic (exact) mass is 256 g/mol. The largest absolute Gasteiger partial charge is 0.307 e. The molecule has 0 saturated carbocycles. The first-order valence-corrected chi connectivity index (χ1v) is 6.10. The van der Waals surface area contributed by atoms with Gasteiger partial charge in [-0.15, -0.1) is 11.3 Å². The third kappa shape index (κ3) is 1.98. The SMILES string of the molecule is CNC(c1cnc(C)s1)c1c(Cl)cnn1C. The second kappa shape index (κ2) is 4.53. The molecule has 0 fully saturated rings. The van der Waals surface area contributed by atoms with Crippen molar-refractivity contribution >= 4 is 22.9 Å². The Morgan fingerprint density at radius 3 is 2.69 bits per heavy atom. The number of hydrogen-bond acceptors (Lipinski definition) is 4. The molecule has 4 nitrogen and oxygen atoms in total. The highest BCUT2D eigenvalue weighted by Gasteiger charge is 2.21. The van der Waals surface area contributed by atoms with Crippen LogP contribution in [-0.4, -0.2) is 21.8 Å². The quantitative estimate of drug-likeness (QED) is 0.915. The molecule has 2 rings (SSSR count). The minimum Gasteiger partial charge on any atom is -0.307 e. The number of aryl methyl sites for hydroxylation is 2. The lowest BCUT2D eigenvalue weighted by molar-refractivity contribution is 0.612. The lowest BCUT2D eigenvalue weighted by Gasteiger charge is -2.14. The first-order valence-electron chi connectivity index (χ1n) is 4.90. The first kappa shape index (κ1) is 11.6. The van der Waals surface area contributed by atoms with Gasteiger partial charge in [0, 0.05) is 18.1 Å². The van der Waals surface area contributed by atoms with Gasteiger partial charge < -0.3 is 5.32 Å². The van der Waals surface area contributed by atoms with Crippen molar-refractivity contribution in [2.24, 2.45) is 7.05 Å². The van der Waals surface area contributed by atoms with E-state index in [2.05, 4.69) is 15.4 Å². The van der Waals surface area contributed by atoms with Crippen LogP contribution in [0.5, 0.6) is 0 Å². The molecule has 0 radical (unpaired) electrons. The van der Waals surface area contributed by atoms with Crippen LogP contribution in [0.3, 0.4) is 0 Å². The van der Waals surface area contributed by atoms with Crippen LogP contribution in [0, 0.1) is 6.92 Å². The van der Waals surface area contributed by atoms with E-state index in [-0.39, 0.29) is 6.04 Å². The van der Waals surface area contributed by atoms with Crippen LogP contribution in [0.2, 0.25) is 5.02 Å². The summed E-state index contributed by atoms with van der Waals surface area (Å²) in [5.41, 5.74) is 0.966. The van der Waals surface area contributed by atoms with Gasteiger partial charge in [0.1, 0.15) is 0 Å². The fourth-order valence-corrected chi connectivity index (χ4v) is 2.84. The highest BCUT2D eigenvalue weighted by atomic mass is 35.5. The van der Waals surface area contributed by atoms with Gasteiger partial charge in [0.2, 0.25) is 0 Å². The van der Waals surface area contributed by atoms with Crippen molar-refractivity contribution in [1.29, 1.82) is 0 Å². The van der Waals surface area contributed by atoms with E-state index in [1.807, 2.05) is 27.2 Å². The van der Waals surface area contributed by atoms with Crippen molar-refractivity contribution in [2.75, 3.05) is 7.05 Å². The maximum absolute atomic E-state index is 6.14. The Morgan fingerprint density at radius 1 is 1.50 bits per heavy atom. The molecule has 0 aliphatic rings. The molecular weight excluding hydrogens is 244 g/mol. The van der Waals surface area contributed by atoms with Crippen LogP contribution < -0.4 is 5.32 Å². The van der Waals surface area contributed by atoms with Gasteiger partial charge in [-0.05, 0) is 14.0 Å². The van der Waals surface area contributed by atoms with E-state index in [0.29, 0.717) is 5.02 Å². The molecule has 2 aromatic heterocycles. The summed E-state index contributed by atoms with van der Waals surface area (Å²) in [5, 5.41) is 9.11. The molecule has 0 spiro atoms. The molecule has 0 amide bonds. The van der Waals surface area contributed by atoms with Crippen LogP contribution in [0.4, 0.5) is 0 Å².